The van der Waals surface area contributed by atoms with E-state index in [0.29, 0.717) is 13.1 Å². The lowest BCUT2D eigenvalue weighted by Crippen LogP contribution is -2.35. The Morgan fingerprint density at radius 3 is 1.73 bits per heavy atom. The Morgan fingerprint density at radius 2 is 1.35 bits per heavy atom. The molecule has 0 N–H and O–H groups in total. The Balaban J connectivity index is 0.000000263. The predicted molar refractivity (Wildman–Crippen MR) is 98.6 cm³/mol. The number of hydrogen-bond acceptors (Lipinski definition) is 5. The summed E-state index contributed by atoms with van der Waals surface area (Å²) in [5, 5.41) is 8.67. The second kappa shape index (κ2) is 9.11. The van der Waals surface area contributed by atoms with Crippen molar-refractivity contribution in [3.63, 3.8) is 0 Å². The summed E-state index contributed by atoms with van der Waals surface area (Å²) in [5.74, 6) is -0.0254. The summed E-state index contributed by atoms with van der Waals surface area (Å²) in [6.07, 6.45) is 2.50. The summed E-state index contributed by atoms with van der Waals surface area (Å²) in [5.41, 5.74) is -0.818. The highest BCUT2D eigenvalue weighted by Crippen LogP contribution is 2.18. The molecule has 0 aromatic carbocycles. The summed E-state index contributed by atoms with van der Waals surface area (Å²) in [7, 11) is 0. The van der Waals surface area contributed by atoms with Gasteiger partial charge in [0, 0.05) is 26.2 Å². The molecule has 0 bridgehead atoms. The minimum Gasteiger partial charge on any atom is -0.444 e. The second-order valence-corrected chi connectivity index (χ2v) is 8.72. The van der Waals surface area contributed by atoms with E-state index in [-0.39, 0.29) is 23.7 Å². The fourth-order valence-corrected chi connectivity index (χ4v) is 2.58. The van der Waals surface area contributed by atoms with Crippen LogP contribution in [-0.2, 0) is 9.47 Å². The molecule has 0 radical (unpaired) electrons. The maximum Gasteiger partial charge on any atom is 0.410 e. The average molecular weight is 367 g/mol. The molecule has 0 saturated carbocycles. The molecular formula is C19H33N3O4. The van der Waals surface area contributed by atoms with E-state index < -0.39 is 5.60 Å². The smallest absolute Gasteiger partial charge is 0.410 e. The van der Waals surface area contributed by atoms with E-state index in [9.17, 15) is 9.59 Å². The van der Waals surface area contributed by atoms with E-state index in [2.05, 4.69) is 6.07 Å². The zero-order valence-electron chi connectivity index (χ0n) is 17.0. The van der Waals surface area contributed by atoms with Crippen molar-refractivity contribution in [2.75, 3.05) is 26.2 Å². The predicted octanol–water partition coefficient (Wildman–Crippen LogP) is 3.78. The molecule has 0 aromatic rings. The molecule has 2 rings (SSSR count). The monoisotopic (exact) mass is 367 g/mol. The molecule has 2 aliphatic heterocycles. The third-order valence-corrected chi connectivity index (χ3v) is 3.78. The number of ether oxygens (including phenoxy) is 2. The third kappa shape index (κ3) is 8.41. The summed E-state index contributed by atoms with van der Waals surface area (Å²) >= 11 is 0. The number of hydrogen-bond donors (Lipinski definition) is 0. The molecule has 7 heteroatoms. The van der Waals surface area contributed by atoms with Crippen LogP contribution in [0.1, 0.15) is 60.8 Å². The van der Waals surface area contributed by atoms with Crippen molar-refractivity contribution in [3.8, 4) is 6.07 Å². The highest BCUT2D eigenvalue weighted by molar-refractivity contribution is 5.68. The first-order valence-corrected chi connectivity index (χ1v) is 9.27. The topological polar surface area (TPSA) is 82.9 Å². The lowest BCUT2D eigenvalue weighted by Gasteiger charge is -2.24. The molecule has 148 valence electrons. The van der Waals surface area contributed by atoms with Crippen molar-refractivity contribution in [1.29, 1.82) is 5.26 Å². The molecule has 1 atom stereocenters. The van der Waals surface area contributed by atoms with Crippen LogP contribution in [0.5, 0.6) is 0 Å². The van der Waals surface area contributed by atoms with Crippen LogP contribution in [-0.4, -0.2) is 59.4 Å². The number of nitriles is 1. The van der Waals surface area contributed by atoms with Crippen LogP contribution in [0.3, 0.4) is 0 Å². The average Bonchev–Trinajstić information content (AvgIpc) is 3.16. The molecule has 0 aromatic heterocycles. The van der Waals surface area contributed by atoms with E-state index in [1.165, 1.54) is 0 Å². The molecule has 26 heavy (non-hydrogen) atoms. The third-order valence-electron chi connectivity index (χ3n) is 3.78. The Hall–Kier alpha value is -1.97. The standard InChI is InChI=1S/C10H16N2O2.C9H17NO2/c1-10(2,3)14-9(13)12-5-4-8(6-11)7-12;1-9(2,3)12-8(11)10-6-4-5-7-10/h8H,4-5,7H2,1-3H3;4-7H2,1-3H3. The second-order valence-electron chi connectivity index (χ2n) is 8.72. The maximum absolute atomic E-state index is 11.5. The SMILES string of the molecule is CC(C)(C)OC(=O)N1CCC(C#N)C1.CC(C)(C)OC(=O)N1CCCC1. The molecule has 2 heterocycles. The number of likely N-dealkylation sites (tertiary alicyclic amines) is 2. The van der Waals surface area contributed by atoms with Gasteiger partial charge in [-0.15, -0.1) is 0 Å². The minimum atomic E-state index is -0.457. The number of amides is 2. The van der Waals surface area contributed by atoms with Crippen molar-refractivity contribution in [2.45, 2.75) is 72.0 Å². The molecule has 2 aliphatic rings. The van der Waals surface area contributed by atoms with Crippen LogP contribution >= 0.6 is 0 Å². The van der Waals surface area contributed by atoms with E-state index in [1.807, 2.05) is 41.5 Å². The quantitative estimate of drug-likeness (QED) is 0.650. The van der Waals surface area contributed by atoms with Gasteiger partial charge in [-0.05, 0) is 60.8 Å². The number of rotatable bonds is 0. The maximum atomic E-state index is 11.5. The Bertz CT molecular complexity index is 522. The van der Waals surface area contributed by atoms with Crippen LogP contribution in [0, 0.1) is 17.2 Å². The molecule has 2 fully saturated rings. The molecule has 0 spiro atoms. The molecule has 0 aliphatic carbocycles. The van der Waals surface area contributed by atoms with Gasteiger partial charge in [0.2, 0.25) is 0 Å². The normalized spacial score (nSPS) is 20.1. The summed E-state index contributed by atoms with van der Waals surface area (Å²) in [6.45, 7) is 14.0. The highest BCUT2D eigenvalue weighted by atomic mass is 16.6. The first kappa shape index (κ1) is 22.1. The minimum absolute atomic E-state index is 0.0254. The number of nitrogens with zero attached hydrogens (tertiary/aromatic N) is 3. The first-order chi connectivity index (χ1) is 11.9. The van der Waals surface area contributed by atoms with Crippen LogP contribution in [0.2, 0.25) is 0 Å². The molecule has 7 nitrogen and oxygen atoms in total. The van der Waals surface area contributed by atoms with Gasteiger partial charge in [0.25, 0.3) is 0 Å². The highest BCUT2D eigenvalue weighted by Gasteiger charge is 2.29. The largest absolute Gasteiger partial charge is 0.444 e. The lowest BCUT2D eigenvalue weighted by atomic mass is 10.1. The van der Waals surface area contributed by atoms with E-state index in [0.717, 1.165) is 32.4 Å². The van der Waals surface area contributed by atoms with Gasteiger partial charge in [0.15, 0.2) is 0 Å². The van der Waals surface area contributed by atoms with E-state index >= 15 is 0 Å². The van der Waals surface area contributed by atoms with Crippen molar-refractivity contribution in [2.24, 2.45) is 5.92 Å². The molecular weight excluding hydrogens is 334 g/mol. The van der Waals surface area contributed by atoms with Crippen LogP contribution in [0.15, 0.2) is 0 Å². The Kier molecular flexibility index (Phi) is 7.73. The summed E-state index contributed by atoms with van der Waals surface area (Å²) < 4.78 is 10.4. The molecule has 2 saturated heterocycles. The Morgan fingerprint density at radius 1 is 0.885 bits per heavy atom. The zero-order chi connectivity index (χ0) is 20.0. The zero-order valence-corrected chi connectivity index (χ0v) is 17.0. The van der Waals surface area contributed by atoms with Gasteiger partial charge in [0.1, 0.15) is 11.2 Å². The van der Waals surface area contributed by atoms with Gasteiger partial charge in [0.05, 0.1) is 12.0 Å². The number of carbonyl (C=O) groups excluding carboxylic acids is 2. The van der Waals surface area contributed by atoms with Crippen LogP contribution in [0.4, 0.5) is 9.59 Å². The van der Waals surface area contributed by atoms with Gasteiger partial charge in [-0.2, -0.15) is 5.26 Å². The summed E-state index contributed by atoms with van der Waals surface area (Å²) in [6, 6.07) is 2.16. The van der Waals surface area contributed by atoms with Gasteiger partial charge < -0.3 is 19.3 Å². The Labute approximate surface area is 157 Å². The lowest BCUT2D eigenvalue weighted by molar-refractivity contribution is 0.0282. The van der Waals surface area contributed by atoms with Crippen LogP contribution in [0.25, 0.3) is 0 Å². The molecule has 1 unspecified atom stereocenters. The van der Waals surface area contributed by atoms with Crippen molar-refractivity contribution in [3.05, 3.63) is 0 Å². The van der Waals surface area contributed by atoms with Crippen molar-refractivity contribution >= 4 is 12.2 Å². The van der Waals surface area contributed by atoms with Gasteiger partial charge in [-0.3, -0.25) is 0 Å². The van der Waals surface area contributed by atoms with E-state index in [4.69, 9.17) is 14.7 Å². The van der Waals surface area contributed by atoms with Gasteiger partial charge >= 0.3 is 12.2 Å². The molecule has 2 amide bonds. The first-order valence-electron chi connectivity index (χ1n) is 9.27. The van der Waals surface area contributed by atoms with Crippen LogP contribution < -0.4 is 0 Å². The summed E-state index contributed by atoms with van der Waals surface area (Å²) in [4.78, 5) is 26.2. The van der Waals surface area contributed by atoms with Crippen molar-refractivity contribution < 1.29 is 19.1 Å². The van der Waals surface area contributed by atoms with Crippen molar-refractivity contribution in [1.82, 2.24) is 9.80 Å². The van der Waals surface area contributed by atoms with Gasteiger partial charge in [-0.25, -0.2) is 9.59 Å². The van der Waals surface area contributed by atoms with E-state index in [1.54, 1.807) is 9.80 Å². The fourth-order valence-electron chi connectivity index (χ4n) is 2.58. The fraction of sp³-hybridized carbons (Fsp3) is 0.842. The number of carbonyl (C=O) groups is 2. The van der Waals surface area contributed by atoms with Gasteiger partial charge in [-0.1, -0.05) is 0 Å².